The van der Waals surface area contributed by atoms with Crippen molar-refractivity contribution in [2.45, 2.75) is 12.5 Å². The Balaban J connectivity index is 1.59. The number of halogens is 2. The van der Waals surface area contributed by atoms with Crippen LogP contribution in [-0.2, 0) is 9.59 Å². The van der Waals surface area contributed by atoms with E-state index in [2.05, 4.69) is 26.7 Å². The van der Waals surface area contributed by atoms with Crippen LogP contribution in [0.4, 0.5) is 11.4 Å². The van der Waals surface area contributed by atoms with E-state index in [0.717, 1.165) is 4.47 Å². The standard InChI is InChI=1S/C24H18BrClN4O3S/c25-16-5-4-6-18(13-16)27-21(31)14-20-23(33)29(19-7-2-1-3-8-19)24(34)30(20)28-22(32)15-9-11-17(26)12-10-15/h1-13,20H,14H2,(H,27,31)(H,28,32). The molecule has 0 aliphatic carbocycles. The normalized spacial score (nSPS) is 15.4. The van der Waals surface area contributed by atoms with Crippen LogP contribution in [0.5, 0.6) is 0 Å². The maximum atomic E-state index is 13.4. The summed E-state index contributed by atoms with van der Waals surface area (Å²) in [5.41, 5.74) is 4.13. The molecule has 2 N–H and O–H groups in total. The predicted molar refractivity (Wildman–Crippen MR) is 138 cm³/mol. The molecule has 0 saturated carbocycles. The molecule has 7 nitrogen and oxygen atoms in total. The van der Waals surface area contributed by atoms with Gasteiger partial charge in [0.1, 0.15) is 6.04 Å². The monoisotopic (exact) mass is 556 g/mol. The molecule has 172 valence electrons. The number of hydrazine groups is 1. The van der Waals surface area contributed by atoms with E-state index >= 15 is 0 Å². The van der Waals surface area contributed by atoms with Crippen LogP contribution in [0.25, 0.3) is 0 Å². The largest absolute Gasteiger partial charge is 0.326 e. The molecule has 3 amide bonds. The fourth-order valence-electron chi connectivity index (χ4n) is 3.44. The van der Waals surface area contributed by atoms with Crippen LogP contribution in [0, 0.1) is 0 Å². The van der Waals surface area contributed by atoms with Gasteiger partial charge in [0.2, 0.25) is 11.0 Å². The number of amides is 3. The minimum absolute atomic E-state index is 0.0683. The van der Waals surface area contributed by atoms with Crippen LogP contribution in [0.2, 0.25) is 5.02 Å². The van der Waals surface area contributed by atoms with Crippen molar-refractivity contribution in [3.8, 4) is 0 Å². The SMILES string of the molecule is O=C(CC1C(=O)N(c2ccccc2)C(=S)N1NC(=O)c1ccc(Cl)cc1)Nc1cccc(Br)c1. The molecule has 1 aliphatic rings. The molecule has 3 aromatic rings. The van der Waals surface area contributed by atoms with Crippen molar-refractivity contribution in [1.82, 2.24) is 10.4 Å². The van der Waals surface area contributed by atoms with Gasteiger partial charge in [0.25, 0.3) is 11.8 Å². The quantitative estimate of drug-likeness (QED) is 0.427. The Kier molecular flexibility index (Phi) is 7.26. The van der Waals surface area contributed by atoms with Gasteiger partial charge in [0.15, 0.2) is 0 Å². The van der Waals surface area contributed by atoms with Crippen LogP contribution in [0.15, 0.2) is 83.3 Å². The van der Waals surface area contributed by atoms with Crippen LogP contribution in [0.3, 0.4) is 0 Å². The first-order valence-corrected chi connectivity index (χ1v) is 11.8. The molecule has 10 heteroatoms. The number of hydrogen-bond donors (Lipinski definition) is 2. The number of nitrogens with zero attached hydrogens (tertiary/aromatic N) is 2. The second kappa shape index (κ2) is 10.3. The van der Waals surface area contributed by atoms with Gasteiger partial charge < -0.3 is 5.32 Å². The Morgan fingerprint density at radius 2 is 1.71 bits per heavy atom. The third-order valence-electron chi connectivity index (χ3n) is 5.04. The number of benzene rings is 3. The zero-order chi connectivity index (χ0) is 24.2. The molecule has 4 rings (SSSR count). The average Bonchev–Trinajstić information content (AvgIpc) is 3.04. The second-order valence-electron chi connectivity index (χ2n) is 7.39. The molecule has 0 bridgehead atoms. The molecule has 3 aromatic carbocycles. The summed E-state index contributed by atoms with van der Waals surface area (Å²) in [4.78, 5) is 40.4. The smallest absolute Gasteiger partial charge is 0.269 e. The average molecular weight is 558 g/mol. The van der Waals surface area contributed by atoms with E-state index in [1.54, 1.807) is 66.7 Å². The maximum Gasteiger partial charge on any atom is 0.269 e. The van der Waals surface area contributed by atoms with Gasteiger partial charge in [-0.2, -0.15) is 0 Å². The summed E-state index contributed by atoms with van der Waals surface area (Å²) in [5.74, 6) is -1.31. The zero-order valence-electron chi connectivity index (χ0n) is 17.6. The Bertz CT molecular complexity index is 1260. The fourth-order valence-corrected chi connectivity index (χ4v) is 4.34. The number of hydrogen-bond acceptors (Lipinski definition) is 4. The first kappa shape index (κ1) is 23.9. The van der Waals surface area contributed by atoms with Crippen molar-refractivity contribution in [3.63, 3.8) is 0 Å². The Hall–Kier alpha value is -3.27. The highest BCUT2D eigenvalue weighted by Crippen LogP contribution is 2.26. The summed E-state index contributed by atoms with van der Waals surface area (Å²) in [6.45, 7) is 0. The van der Waals surface area contributed by atoms with E-state index < -0.39 is 23.8 Å². The molecule has 34 heavy (non-hydrogen) atoms. The van der Waals surface area contributed by atoms with Crippen molar-refractivity contribution in [1.29, 1.82) is 0 Å². The summed E-state index contributed by atoms with van der Waals surface area (Å²) in [5, 5.41) is 4.60. The number of carbonyl (C=O) groups excluding carboxylic acids is 3. The number of anilines is 2. The van der Waals surface area contributed by atoms with Gasteiger partial charge in [-0.1, -0.05) is 51.8 Å². The van der Waals surface area contributed by atoms with E-state index in [0.29, 0.717) is 22.0 Å². The van der Waals surface area contributed by atoms with Crippen LogP contribution < -0.4 is 15.6 Å². The van der Waals surface area contributed by atoms with Gasteiger partial charge in [-0.25, -0.2) is 5.01 Å². The van der Waals surface area contributed by atoms with Gasteiger partial charge in [-0.3, -0.25) is 24.7 Å². The van der Waals surface area contributed by atoms with Crippen molar-refractivity contribution >= 4 is 74.0 Å². The number of rotatable bonds is 6. The van der Waals surface area contributed by atoms with Crippen molar-refractivity contribution < 1.29 is 14.4 Å². The fraction of sp³-hybridized carbons (Fsp3) is 0.0833. The number of para-hydroxylation sites is 1. The molecule has 1 fully saturated rings. The first-order valence-electron chi connectivity index (χ1n) is 10.2. The summed E-state index contributed by atoms with van der Waals surface area (Å²) >= 11 is 14.8. The van der Waals surface area contributed by atoms with E-state index in [9.17, 15) is 14.4 Å². The summed E-state index contributed by atoms with van der Waals surface area (Å²) in [6.07, 6.45) is -0.226. The minimum atomic E-state index is -1.03. The van der Waals surface area contributed by atoms with E-state index in [1.165, 1.54) is 9.91 Å². The lowest BCUT2D eigenvalue weighted by Gasteiger charge is -2.24. The highest BCUT2D eigenvalue weighted by molar-refractivity contribution is 9.10. The van der Waals surface area contributed by atoms with E-state index in [4.69, 9.17) is 23.8 Å². The van der Waals surface area contributed by atoms with Gasteiger partial charge in [-0.05, 0) is 66.8 Å². The molecule has 1 atom stereocenters. The Morgan fingerprint density at radius 1 is 1.00 bits per heavy atom. The lowest BCUT2D eigenvalue weighted by Crippen LogP contribution is -2.49. The molecule has 1 heterocycles. The van der Waals surface area contributed by atoms with Crippen molar-refractivity contribution in [3.05, 3.63) is 93.9 Å². The zero-order valence-corrected chi connectivity index (χ0v) is 20.7. The number of nitrogens with one attached hydrogen (secondary N) is 2. The molecular formula is C24H18BrClN4O3S. The molecular weight excluding hydrogens is 540 g/mol. The summed E-state index contributed by atoms with van der Waals surface area (Å²) in [6, 6.07) is 21.2. The Labute approximate surface area is 214 Å². The summed E-state index contributed by atoms with van der Waals surface area (Å²) in [7, 11) is 0. The topological polar surface area (TPSA) is 81.8 Å². The maximum absolute atomic E-state index is 13.4. The Morgan fingerprint density at radius 3 is 2.38 bits per heavy atom. The van der Waals surface area contributed by atoms with Crippen LogP contribution >= 0.6 is 39.7 Å². The predicted octanol–water partition coefficient (Wildman–Crippen LogP) is 4.78. The number of thiocarbonyl (C=S) groups is 1. The highest BCUT2D eigenvalue weighted by atomic mass is 79.9. The van der Waals surface area contributed by atoms with Crippen molar-refractivity contribution in [2.75, 3.05) is 10.2 Å². The minimum Gasteiger partial charge on any atom is -0.326 e. The van der Waals surface area contributed by atoms with Crippen LogP contribution in [0.1, 0.15) is 16.8 Å². The van der Waals surface area contributed by atoms with Crippen LogP contribution in [-0.4, -0.2) is 33.9 Å². The number of carbonyl (C=O) groups is 3. The van der Waals surface area contributed by atoms with Crippen molar-refractivity contribution in [2.24, 2.45) is 0 Å². The lowest BCUT2D eigenvalue weighted by molar-refractivity contribution is -0.124. The molecule has 0 spiro atoms. The highest BCUT2D eigenvalue weighted by Gasteiger charge is 2.45. The molecule has 1 aliphatic heterocycles. The van der Waals surface area contributed by atoms with E-state index in [-0.39, 0.29) is 11.5 Å². The first-order chi connectivity index (χ1) is 16.3. The molecule has 0 radical (unpaired) electrons. The van der Waals surface area contributed by atoms with Gasteiger partial charge >= 0.3 is 0 Å². The second-order valence-corrected chi connectivity index (χ2v) is 9.11. The molecule has 0 aromatic heterocycles. The third-order valence-corrected chi connectivity index (χ3v) is 6.17. The molecule has 1 unspecified atom stereocenters. The lowest BCUT2D eigenvalue weighted by atomic mass is 10.1. The summed E-state index contributed by atoms with van der Waals surface area (Å²) < 4.78 is 0.801. The van der Waals surface area contributed by atoms with Gasteiger partial charge in [-0.15, -0.1) is 0 Å². The van der Waals surface area contributed by atoms with Gasteiger partial charge in [0.05, 0.1) is 12.1 Å². The van der Waals surface area contributed by atoms with Gasteiger partial charge in [0, 0.05) is 20.7 Å². The third kappa shape index (κ3) is 5.27. The van der Waals surface area contributed by atoms with E-state index in [1.807, 2.05) is 12.1 Å². The molecule has 1 saturated heterocycles.